The highest BCUT2D eigenvalue weighted by Crippen LogP contribution is 2.40. The first-order valence-corrected chi connectivity index (χ1v) is 21.6. The van der Waals surface area contributed by atoms with E-state index in [0.29, 0.717) is 0 Å². The lowest BCUT2D eigenvalue weighted by atomic mass is 10.1. The molecule has 58 heavy (non-hydrogen) atoms. The van der Waals surface area contributed by atoms with Crippen molar-refractivity contribution in [3.05, 3.63) is 207 Å². The SMILES string of the molecule is c1cc(-n2c3ccccc3c3ccccc32)cc([Si](c2ccncc2)(c2ccncc2)c2ccc(-n3c4ccccc4c4ccc5c6ccccc6oc5c43)cc2)c1. The highest BCUT2D eigenvalue weighted by molar-refractivity contribution is 7.19. The molecule has 0 N–H and O–H groups in total. The van der Waals surface area contributed by atoms with Gasteiger partial charge in [0, 0.05) is 68.5 Å². The Hall–Kier alpha value is -7.54. The Morgan fingerprint density at radius 1 is 0.362 bits per heavy atom. The molecule has 0 aliphatic carbocycles. The van der Waals surface area contributed by atoms with Gasteiger partial charge in [0.25, 0.3) is 0 Å². The van der Waals surface area contributed by atoms with Crippen LogP contribution in [0.25, 0.3) is 76.9 Å². The number of nitrogens with zero attached hydrogens (tertiary/aromatic N) is 4. The number of aromatic nitrogens is 4. The van der Waals surface area contributed by atoms with Crippen molar-refractivity contribution in [1.29, 1.82) is 0 Å². The van der Waals surface area contributed by atoms with Gasteiger partial charge in [0.1, 0.15) is 5.58 Å². The summed E-state index contributed by atoms with van der Waals surface area (Å²) in [4.78, 5) is 9.01. The van der Waals surface area contributed by atoms with Crippen LogP contribution in [0.1, 0.15) is 0 Å². The van der Waals surface area contributed by atoms with Crippen LogP contribution in [-0.2, 0) is 0 Å². The first-order valence-electron chi connectivity index (χ1n) is 19.6. The van der Waals surface area contributed by atoms with Crippen molar-refractivity contribution in [3.63, 3.8) is 0 Å². The maximum Gasteiger partial charge on any atom is 0.179 e. The van der Waals surface area contributed by atoms with E-state index in [0.717, 1.165) is 44.3 Å². The third-order valence-corrected chi connectivity index (χ3v) is 16.9. The van der Waals surface area contributed by atoms with Gasteiger partial charge in [-0.05, 0) is 99.6 Å². The molecule has 0 aliphatic heterocycles. The van der Waals surface area contributed by atoms with Gasteiger partial charge in [0.15, 0.2) is 13.7 Å². The quantitative estimate of drug-likeness (QED) is 0.159. The second-order valence-corrected chi connectivity index (χ2v) is 18.8. The molecule has 0 saturated carbocycles. The van der Waals surface area contributed by atoms with Crippen LogP contribution in [0, 0.1) is 0 Å². The molecule has 0 saturated heterocycles. The van der Waals surface area contributed by atoms with E-state index in [1.54, 1.807) is 0 Å². The molecule has 272 valence electrons. The lowest BCUT2D eigenvalue weighted by molar-refractivity contribution is 0.671. The number of hydrogen-bond donors (Lipinski definition) is 0. The Bertz CT molecular complexity index is 3420. The van der Waals surface area contributed by atoms with Crippen molar-refractivity contribution in [2.45, 2.75) is 0 Å². The molecule has 12 aromatic rings. The van der Waals surface area contributed by atoms with E-state index in [1.165, 1.54) is 53.3 Å². The summed E-state index contributed by atoms with van der Waals surface area (Å²) in [6.45, 7) is 0. The first-order chi connectivity index (χ1) is 28.8. The lowest BCUT2D eigenvalue weighted by Gasteiger charge is -2.34. The summed E-state index contributed by atoms with van der Waals surface area (Å²) >= 11 is 0. The fourth-order valence-electron chi connectivity index (χ4n) is 9.64. The van der Waals surface area contributed by atoms with E-state index in [-0.39, 0.29) is 0 Å². The number of benzene rings is 7. The summed E-state index contributed by atoms with van der Waals surface area (Å²) in [7, 11) is -2.98. The Morgan fingerprint density at radius 3 is 1.52 bits per heavy atom. The molecule has 7 aromatic carbocycles. The summed E-state index contributed by atoms with van der Waals surface area (Å²) in [5, 5.41) is 12.2. The van der Waals surface area contributed by atoms with E-state index in [2.05, 4.69) is 195 Å². The number of rotatable bonds is 6. The molecule has 0 fully saturated rings. The lowest BCUT2D eigenvalue weighted by Crippen LogP contribution is -2.74. The summed E-state index contributed by atoms with van der Waals surface area (Å²) in [5.74, 6) is 0. The zero-order chi connectivity index (χ0) is 38.2. The average molecular weight is 759 g/mol. The van der Waals surface area contributed by atoms with E-state index in [1.807, 2.05) is 30.9 Å². The molecule has 0 atom stereocenters. The molecule has 0 spiro atoms. The van der Waals surface area contributed by atoms with Gasteiger partial charge >= 0.3 is 0 Å². The molecule has 12 rings (SSSR count). The fraction of sp³-hybridized carbons (Fsp3) is 0. The molecule has 5 heterocycles. The average Bonchev–Trinajstić information content (AvgIpc) is 3.96. The maximum atomic E-state index is 6.68. The second kappa shape index (κ2) is 12.7. The van der Waals surface area contributed by atoms with Crippen molar-refractivity contribution in [2.24, 2.45) is 0 Å². The van der Waals surface area contributed by atoms with E-state index in [4.69, 9.17) is 4.42 Å². The van der Waals surface area contributed by atoms with Crippen LogP contribution < -0.4 is 20.7 Å². The van der Waals surface area contributed by atoms with Gasteiger partial charge in [-0.15, -0.1) is 0 Å². The standard InChI is InChI=1S/C52H34N4OSi/c1-5-16-47-41(12-1)42-13-2-6-17-48(42)55(47)36-10-9-11-40(34-36)58(38-26-30-53-31-27-38,39-28-32-54-33-29-39)37-22-20-35(21-23-37)56-49-18-7-3-14-43(49)45-24-25-46-44-15-4-8-19-50(44)57-52(46)51(45)56/h1-34H. The normalized spacial score (nSPS) is 12.1. The van der Waals surface area contributed by atoms with Crippen LogP contribution in [0.5, 0.6) is 0 Å². The number of fused-ring (bicyclic) bond motifs is 10. The monoisotopic (exact) mass is 758 g/mol. The van der Waals surface area contributed by atoms with Crippen molar-refractivity contribution >= 4 is 94.4 Å². The minimum atomic E-state index is -2.98. The number of furan rings is 1. The van der Waals surface area contributed by atoms with Gasteiger partial charge in [0.2, 0.25) is 0 Å². The van der Waals surface area contributed by atoms with Gasteiger partial charge in [-0.3, -0.25) is 9.97 Å². The maximum absolute atomic E-state index is 6.68. The van der Waals surface area contributed by atoms with Crippen LogP contribution >= 0.6 is 0 Å². The summed E-state index contributed by atoms with van der Waals surface area (Å²) in [6, 6.07) is 66.2. The highest BCUT2D eigenvalue weighted by Gasteiger charge is 2.42. The van der Waals surface area contributed by atoms with Gasteiger partial charge < -0.3 is 13.6 Å². The van der Waals surface area contributed by atoms with Crippen LogP contribution in [-0.4, -0.2) is 27.2 Å². The Morgan fingerprint density at radius 2 is 0.879 bits per heavy atom. The van der Waals surface area contributed by atoms with Gasteiger partial charge in [-0.25, -0.2) is 0 Å². The molecule has 6 heteroatoms. The third kappa shape index (κ3) is 4.63. The number of para-hydroxylation sites is 4. The molecule has 0 aliphatic rings. The number of pyridine rings is 2. The molecule has 0 unspecified atom stereocenters. The van der Waals surface area contributed by atoms with E-state index in [9.17, 15) is 0 Å². The Kier molecular flexibility index (Phi) is 7.18. The molecular weight excluding hydrogens is 725 g/mol. The highest BCUT2D eigenvalue weighted by atomic mass is 28.3. The summed E-state index contributed by atoms with van der Waals surface area (Å²) in [5.41, 5.74) is 8.60. The molecule has 0 amide bonds. The largest absolute Gasteiger partial charge is 0.454 e. The van der Waals surface area contributed by atoms with E-state index < -0.39 is 8.07 Å². The summed E-state index contributed by atoms with van der Waals surface area (Å²) < 4.78 is 11.5. The minimum Gasteiger partial charge on any atom is -0.454 e. The molecular formula is C52H34N4OSi. The van der Waals surface area contributed by atoms with Crippen molar-refractivity contribution in [3.8, 4) is 11.4 Å². The van der Waals surface area contributed by atoms with Crippen molar-refractivity contribution < 1.29 is 4.42 Å². The topological polar surface area (TPSA) is 48.8 Å². The van der Waals surface area contributed by atoms with E-state index >= 15 is 0 Å². The Labute approximate surface area is 334 Å². The van der Waals surface area contributed by atoms with Gasteiger partial charge in [-0.1, -0.05) is 103 Å². The van der Waals surface area contributed by atoms with Crippen LogP contribution in [0.4, 0.5) is 0 Å². The molecule has 0 bridgehead atoms. The first kappa shape index (κ1) is 32.7. The van der Waals surface area contributed by atoms with Crippen molar-refractivity contribution in [1.82, 2.24) is 19.1 Å². The smallest absolute Gasteiger partial charge is 0.179 e. The fourth-order valence-corrected chi connectivity index (χ4v) is 14.3. The second-order valence-electron chi connectivity index (χ2n) is 15.0. The molecule has 0 radical (unpaired) electrons. The van der Waals surface area contributed by atoms with Crippen LogP contribution in [0.3, 0.4) is 0 Å². The number of hydrogen-bond acceptors (Lipinski definition) is 3. The Balaban J connectivity index is 1.12. The molecule has 5 nitrogen and oxygen atoms in total. The zero-order valence-corrected chi connectivity index (χ0v) is 32.3. The predicted molar refractivity (Wildman–Crippen MR) is 242 cm³/mol. The van der Waals surface area contributed by atoms with Crippen molar-refractivity contribution in [2.75, 3.05) is 0 Å². The summed E-state index contributed by atoms with van der Waals surface area (Å²) in [6.07, 6.45) is 7.72. The van der Waals surface area contributed by atoms with Crippen LogP contribution in [0.2, 0.25) is 0 Å². The van der Waals surface area contributed by atoms with Crippen LogP contribution in [0.15, 0.2) is 211 Å². The third-order valence-electron chi connectivity index (χ3n) is 12.1. The van der Waals surface area contributed by atoms with Gasteiger partial charge in [-0.2, -0.15) is 0 Å². The molecule has 5 aromatic heterocycles. The minimum absolute atomic E-state index is 0.894. The van der Waals surface area contributed by atoms with Gasteiger partial charge in [0.05, 0.1) is 22.1 Å². The zero-order valence-electron chi connectivity index (χ0n) is 31.3. The predicted octanol–water partition coefficient (Wildman–Crippen LogP) is 9.95.